The molecule has 3 N–H and O–H groups in total. The maximum Gasteiger partial charge on any atom is 0.355 e. The van der Waals surface area contributed by atoms with Crippen molar-refractivity contribution >= 4 is 28.9 Å². The summed E-state index contributed by atoms with van der Waals surface area (Å²) in [6.45, 7) is 1.12. The lowest BCUT2D eigenvalue weighted by molar-refractivity contribution is 0.0691. The number of rotatable bonds is 4. The van der Waals surface area contributed by atoms with E-state index in [9.17, 15) is 9.59 Å². The summed E-state index contributed by atoms with van der Waals surface area (Å²) in [5.41, 5.74) is 2.81. The van der Waals surface area contributed by atoms with Gasteiger partial charge in [0.2, 0.25) is 0 Å². The van der Waals surface area contributed by atoms with Crippen LogP contribution in [0.1, 0.15) is 31.4 Å². The first kappa shape index (κ1) is 13.6. The van der Waals surface area contributed by atoms with Crippen molar-refractivity contribution in [2.75, 3.05) is 11.9 Å². The van der Waals surface area contributed by atoms with E-state index >= 15 is 0 Å². The van der Waals surface area contributed by atoms with Crippen LogP contribution in [-0.4, -0.2) is 28.5 Å². The van der Waals surface area contributed by atoms with Crippen molar-refractivity contribution in [3.05, 3.63) is 45.4 Å². The Labute approximate surface area is 124 Å². The lowest BCUT2D eigenvalue weighted by atomic mass is 10.1. The Bertz CT molecular complexity index is 711. The summed E-state index contributed by atoms with van der Waals surface area (Å²) >= 11 is 1.22. The van der Waals surface area contributed by atoms with Crippen molar-refractivity contribution in [2.45, 2.75) is 13.0 Å². The number of carboxylic acids is 1. The first-order chi connectivity index (χ1) is 10.1. The molecule has 2 heterocycles. The van der Waals surface area contributed by atoms with Gasteiger partial charge in [0.15, 0.2) is 5.69 Å². The van der Waals surface area contributed by atoms with Gasteiger partial charge in [-0.25, -0.2) is 9.78 Å². The Kier molecular flexibility index (Phi) is 3.57. The maximum absolute atomic E-state index is 12.1. The van der Waals surface area contributed by atoms with E-state index < -0.39 is 5.97 Å². The fraction of sp³-hybridized carbons (Fsp3) is 0.214. The van der Waals surface area contributed by atoms with E-state index in [2.05, 4.69) is 15.6 Å². The molecule has 2 aromatic rings. The number of nitrogens with one attached hydrogen (secondary N) is 2. The smallest absolute Gasteiger partial charge is 0.355 e. The second-order valence-corrected chi connectivity index (χ2v) is 5.61. The number of carboxylic acid groups (broad SMARTS) is 1. The van der Waals surface area contributed by atoms with Crippen LogP contribution >= 0.6 is 11.3 Å². The third kappa shape index (κ3) is 2.87. The topological polar surface area (TPSA) is 91.3 Å². The number of aromatic carboxylic acids is 1. The molecule has 1 aromatic heterocycles. The largest absolute Gasteiger partial charge is 0.476 e. The van der Waals surface area contributed by atoms with Gasteiger partial charge in [0.1, 0.15) is 5.01 Å². The zero-order chi connectivity index (χ0) is 14.8. The van der Waals surface area contributed by atoms with Crippen LogP contribution in [0.25, 0.3) is 0 Å². The summed E-state index contributed by atoms with van der Waals surface area (Å²) in [5, 5.41) is 16.8. The molecule has 0 atom stereocenters. The summed E-state index contributed by atoms with van der Waals surface area (Å²) < 4.78 is 0. The standard InChI is InChI=1S/C14H13N3O3S/c18-13(9-2-1-8-3-4-15-10(8)5-9)16-6-12-17-11(7-21-12)14(19)20/h1-2,5,7,15H,3-4,6H2,(H,16,18)(H,19,20). The van der Waals surface area contributed by atoms with E-state index in [-0.39, 0.29) is 18.1 Å². The molecule has 21 heavy (non-hydrogen) atoms. The molecular weight excluding hydrogens is 290 g/mol. The van der Waals surface area contributed by atoms with Gasteiger partial charge in [-0.05, 0) is 24.1 Å². The Morgan fingerprint density at radius 2 is 2.29 bits per heavy atom. The van der Waals surface area contributed by atoms with Crippen LogP contribution in [0.5, 0.6) is 0 Å². The van der Waals surface area contributed by atoms with Crippen LogP contribution in [0.15, 0.2) is 23.6 Å². The van der Waals surface area contributed by atoms with Crippen molar-refractivity contribution in [3.63, 3.8) is 0 Å². The SMILES string of the molecule is O=C(NCc1nc(C(=O)O)cs1)c1ccc2c(c1)NCC2. The third-order valence-corrected chi connectivity index (χ3v) is 4.10. The number of benzene rings is 1. The Balaban J connectivity index is 1.64. The van der Waals surface area contributed by atoms with Gasteiger partial charge in [0, 0.05) is 23.2 Å². The van der Waals surface area contributed by atoms with Gasteiger partial charge >= 0.3 is 5.97 Å². The molecule has 1 aliphatic heterocycles. The molecule has 0 spiro atoms. The van der Waals surface area contributed by atoms with E-state index in [1.54, 1.807) is 6.07 Å². The normalized spacial score (nSPS) is 12.6. The fourth-order valence-corrected chi connectivity index (χ4v) is 2.89. The predicted octanol–water partition coefficient (Wildman–Crippen LogP) is 1.74. The molecule has 7 heteroatoms. The van der Waals surface area contributed by atoms with Crippen LogP contribution in [-0.2, 0) is 13.0 Å². The van der Waals surface area contributed by atoms with Crippen LogP contribution < -0.4 is 10.6 Å². The molecule has 0 fully saturated rings. The minimum Gasteiger partial charge on any atom is -0.476 e. The quantitative estimate of drug-likeness (QED) is 0.800. The van der Waals surface area contributed by atoms with Gasteiger partial charge in [0.25, 0.3) is 5.91 Å². The van der Waals surface area contributed by atoms with E-state index in [0.717, 1.165) is 18.7 Å². The summed E-state index contributed by atoms with van der Waals surface area (Å²) in [6, 6.07) is 5.59. The fourth-order valence-electron chi connectivity index (χ4n) is 2.18. The molecule has 1 aliphatic rings. The minimum absolute atomic E-state index is 0.00554. The molecule has 0 saturated heterocycles. The zero-order valence-electron chi connectivity index (χ0n) is 11.0. The number of fused-ring (bicyclic) bond motifs is 1. The minimum atomic E-state index is -1.06. The molecular formula is C14H13N3O3S. The summed E-state index contributed by atoms with van der Waals surface area (Å²) in [7, 11) is 0. The highest BCUT2D eigenvalue weighted by Gasteiger charge is 2.14. The van der Waals surface area contributed by atoms with Crippen LogP contribution in [0, 0.1) is 0 Å². The molecule has 3 rings (SSSR count). The number of carbonyl (C=O) groups excluding carboxylic acids is 1. The number of hydrogen-bond acceptors (Lipinski definition) is 5. The van der Waals surface area contributed by atoms with Gasteiger partial charge in [0.05, 0.1) is 6.54 Å². The molecule has 1 amide bonds. The average Bonchev–Trinajstić information content (AvgIpc) is 3.12. The predicted molar refractivity (Wildman–Crippen MR) is 78.9 cm³/mol. The molecule has 108 valence electrons. The number of thiazole rings is 1. The highest BCUT2D eigenvalue weighted by Crippen LogP contribution is 2.23. The van der Waals surface area contributed by atoms with Crippen LogP contribution in [0.3, 0.4) is 0 Å². The number of anilines is 1. The van der Waals surface area contributed by atoms with Crippen LogP contribution in [0.4, 0.5) is 5.69 Å². The maximum atomic E-state index is 12.1. The Hall–Kier alpha value is -2.41. The van der Waals surface area contributed by atoms with Crippen molar-refractivity contribution < 1.29 is 14.7 Å². The van der Waals surface area contributed by atoms with E-state index in [4.69, 9.17) is 5.11 Å². The lowest BCUT2D eigenvalue weighted by Crippen LogP contribution is -2.22. The average molecular weight is 303 g/mol. The molecule has 0 aliphatic carbocycles. The summed E-state index contributed by atoms with van der Waals surface area (Å²) in [4.78, 5) is 26.7. The summed E-state index contributed by atoms with van der Waals surface area (Å²) in [6.07, 6.45) is 0.980. The van der Waals surface area contributed by atoms with Crippen molar-refractivity contribution in [1.29, 1.82) is 0 Å². The molecule has 0 radical (unpaired) electrons. The number of hydrogen-bond donors (Lipinski definition) is 3. The molecule has 0 bridgehead atoms. The van der Waals surface area contributed by atoms with Crippen molar-refractivity contribution in [3.8, 4) is 0 Å². The van der Waals surface area contributed by atoms with Gasteiger partial charge in [-0.15, -0.1) is 11.3 Å². The second kappa shape index (κ2) is 5.53. The first-order valence-electron chi connectivity index (χ1n) is 6.46. The van der Waals surface area contributed by atoms with Gasteiger partial charge in [-0.3, -0.25) is 4.79 Å². The van der Waals surface area contributed by atoms with Crippen LogP contribution in [0.2, 0.25) is 0 Å². The zero-order valence-corrected chi connectivity index (χ0v) is 11.9. The molecule has 0 saturated carbocycles. The molecule has 6 nitrogen and oxygen atoms in total. The van der Waals surface area contributed by atoms with E-state index in [1.165, 1.54) is 22.3 Å². The second-order valence-electron chi connectivity index (χ2n) is 4.66. The third-order valence-electron chi connectivity index (χ3n) is 3.25. The highest BCUT2D eigenvalue weighted by molar-refractivity contribution is 7.09. The van der Waals surface area contributed by atoms with Gasteiger partial charge in [-0.2, -0.15) is 0 Å². The monoisotopic (exact) mass is 303 g/mol. The number of carbonyl (C=O) groups is 2. The lowest BCUT2D eigenvalue weighted by Gasteiger charge is -2.05. The summed E-state index contributed by atoms with van der Waals surface area (Å²) in [5.74, 6) is -1.26. The molecule has 1 aromatic carbocycles. The first-order valence-corrected chi connectivity index (χ1v) is 7.34. The Morgan fingerprint density at radius 3 is 3.05 bits per heavy atom. The number of aromatic nitrogens is 1. The van der Waals surface area contributed by atoms with E-state index in [1.807, 2.05) is 12.1 Å². The highest BCUT2D eigenvalue weighted by atomic mass is 32.1. The molecule has 0 unspecified atom stereocenters. The van der Waals surface area contributed by atoms with Gasteiger partial charge < -0.3 is 15.7 Å². The van der Waals surface area contributed by atoms with Crippen molar-refractivity contribution in [1.82, 2.24) is 10.3 Å². The van der Waals surface area contributed by atoms with Crippen molar-refractivity contribution in [2.24, 2.45) is 0 Å². The number of nitrogens with zero attached hydrogens (tertiary/aromatic N) is 1. The van der Waals surface area contributed by atoms with Gasteiger partial charge in [-0.1, -0.05) is 6.07 Å². The number of amides is 1. The Morgan fingerprint density at radius 1 is 1.43 bits per heavy atom. The van der Waals surface area contributed by atoms with E-state index in [0.29, 0.717) is 10.6 Å².